The lowest BCUT2D eigenvalue weighted by molar-refractivity contribution is -0.119. The molecule has 0 saturated heterocycles. The fourth-order valence-electron chi connectivity index (χ4n) is 3.43. The molecule has 0 radical (unpaired) electrons. The van der Waals surface area contributed by atoms with E-state index in [1.165, 1.54) is 14.0 Å². The number of rotatable bonds is 11. The molecule has 2 amide bonds. The number of methoxy groups -OCH3 is 1. The molecule has 36 heavy (non-hydrogen) atoms. The molecular weight excluding hydrogens is 484 g/mol. The van der Waals surface area contributed by atoms with Crippen LogP contribution in [-0.4, -0.2) is 50.7 Å². The van der Waals surface area contributed by atoms with E-state index in [4.69, 9.17) is 19.9 Å². The number of anilines is 1. The minimum Gasteiger partial charge on any atom is -0.460 e. The maximum absolute atomic E-state index is 12.7. The van der Waals surface area contributed by atoms with E-state index in [9.17, 15) is 19.2 Å². The standard InChI is InChI=1S/C26H26N2O7S/c1-16-21(26(32)34-13-12-33-2)24(36-22(16)23(27)30)28-20(29)15-35-25(31)19-11-7-6-10-18(19)14-17-8-4-3-5-9-17/h3-11H,12-15H2,1-2H3,(H2,27,30)(H,28,29). The number of esters is 2. The van der Waals surface area contributed by atoms with Crippen molar-refractivity contribution in [3.63, 3.8) is 0 Å². The molecule has 0 fully saturated rings. The lowest BCUT2D eigenvalue weighted by Crippen LogP contribution is -2.22. The number of ether oxygens (including phenoxy) is 3. The van der Waals surface area contributed by atoms with Crippen molar-refractivity contribution < 1.29 is 33.4 Å². The van der Waals surface area contributed by atoms with E-state index in [0.29, 0.717) is 12.0 Å². The first-order chi connectivity index (χ1) is 17.3. The zero-order valence-electron chi connectivity index (χ0n) is 19.9. The highest BCUT2D eigenvalue weighted by Crippen LogP contribution is 2.33. The maximum Gasteiger partial charge on any atom is 0.341 e. The van der Waals surface area contributed by atoms with E-state index in [-0.39, 0.29) is 34.2 Å². The van der Waals surface area contributed by atoms with Crippen LogP contribution in [0.2, 0.25) is 0 Å². The Balaban J connectivity index is 1.69. The van der Waals surface area contributed by atoms with Gasteiger partial charge in [0.05, 0.1) is 22.6 Å². The fraction of sp³-hybridized carbons (Fsp3) is 0.231. The van der Waals surface area contributed by atoms with E-state index in [1.807, 2.05) is 42.5 Å². The van der Waals surface area contributed by atoms with Gasteiger partial charge in [-0.25, -0.2) is 9.59 Å². The summed E-state index contributed by atoms with van der Waals surface area (Å²) in [5, 5.41) is 2.60. The van der Waals surface area contributed by atoms with Crippen LogP contribution in [-0.2, 0) is 25.4 Å². The van der Waals surface area contributed by atoms with Gasteiger partial charge < -0.3 is 25.3 Å². The molecule has 3 rings (SSSR count). The van der Waals surface area contributed by atoms with E-state index in [0.717, 1.165) is 22.5 Å². The SMILES string of the molecule is COCCOC(=O)c1c(NC(=O)COC(=O)c2ccccc2Cc2ccccc2)sc(C(N)=O)c1C. The third kappa shape index (κ3) is 6.77. The van der Waals surface area contributed by atoms with Gasteiger partial charge in [-0.1, -0.05) is 48.5 Å². The van der Waals surface area contributed by atoms with Gasteiger partial charge in [-0.15, -0.1) is 11.3 Å². The molecule has 0 unspecified atom stereocenters. The van der Waals surface area contributed by atoms with Gasteiger partial charge in [-0.05, 0) is 36.1 Å². The summed E-state index contributed by atoms with van der Waals surface area (Å²) in [5.41, 5.74) is 7.83. The van der Waals surface area contributed by atoms with E-state index in [2.05, 4.69) is 5.32 Å². The van der Waals surface area contributed by atoms with Gasteiger partial charge in [0.25, 0.3) is 11.8 Å². The first-order valence-electron chi connectivity index (χ1n) is 11.0. The Morgan fingerprint density at radius 2 is 1.61 bits per heavy atom. The van der Waals surface area contributed by atoms with Gasteiger partial charge in [0.2, 0.25) is 0 Å². The summed E-state index contributed by atoms with van der Waals surface area (Å²) >= 11 is 0.845. The molecular formula is C26H26N2O7S. The lowest BCUT2D eigenvalue weighted by atomic mass is 10.00. The van der Waals surface area contributed by atoms with Gasteiger partial charge in [-0.3, -0.25) is 9.59 Å². The highest BCUT2D eigenvalue weighted by molar-refractivity contribution is 7.18. The number of carbonyl (C=O) groups is 4. The van der Waals surface area contributed by atoms with Crippen molar-refractivity contribution >= 4 is 40.1 Å². The van der Waals surface area contributed by atoms with Crippen molar-refractivity contribution in [1.82, 2.24) is 0 Å². The Labute approximate surface area is 212 Å². The smallest absolute Gasteiger partial charge is 0.341 e. The van der Waals surface area contributed by atoms with Crippen molar-refractivity contribution in [2.45, 2.75) is 13.3 Å². The summed E-state index contributed by atoms with van der Waals surface area (Å²) in [4.78, 5) is 49.7. The molecule has 1 heterocycles. The number of nitrogens with one attached hydrogen (secondary N) is 1. The minimum atomic E-state index is -0.745. The van der Waals surface area contributed by atoms with Gasteiger partial charge in [0.15, 0.2) is 6.61 Å². The predicted octanol–water partition coefficient (Wildman–Crippen LogP) is 3.34. The summed E-state index contributed by atoms with van der Waals surface area (Å²) in [5.74, 6) is -2.83. The monoisotopic (exact) mass is 510 g/mol. The quantitative estimate of drug-likeness (QED) is 0.298. The molecule has 1 aromatic heterocycles. The van der Waals surface area contributed by atoms with Crippen molar-refractivity contribution in [2.24, 2.45) is 5.73 Å². The average Bonchev–Trinajstić information content (AvgIpc) is 3.19. The number of amides is 2. The van der Waals surface area contributed by atoms with Crippen LogP contribution in [0.1, 0.15) is 47.1 Å². The zero-order valence-corrected chi connectivity index (χ0v) is 20.7. The molecule has 0 aliphatic heterocycles. The second-order valence-corrected chi connectivity index (χ2v) is 8.72. The zero-order chi connectivity index (χ0) is 26.1. The van der Waals surface area contributed by atoms with Gasteiger partial charge in [0, 0.05) is 7.11 Å². The molecule has 0 saturated carbocycles. The van der Waals surface area contributed by atoms with Crippen molar-refractivity contribution in [2.75, 3.05) is 32.2 Å². The highest BCUT2D eigenvalue weighted by atomic mass is 32.1. The fourth-order valence-corrected chi connectivity index (χ4v) is 4.50. The number of hydrogen-bond donors (Lipinski definition) is 2. The second-order valence-electron chi connectivity index (χ2n) is 7.70. The average molecular weight is 511 g/mol. The minimum absolute atomic E-state index is 0.0100. The number of primary amides is 1. The molecule has 0 bridgehead atoms. The lowest BCUT2D eigenvalue weighted by Gasteiger charge is -2.11. The Morgan fingerprint density at radius 1 is 0.917 bits per heavy atom. The third-order valence-electron chi connectivity index (χ3n) is 5.16. The first kappa shape index (κ1) is 26.6. The van der Waals surface area contributed by atoms with Gasteiger partial charge in [-0.2, -0.15) is 0 Å². The number of nitrogens with two attached hydrogens (primary N) is 1. The summed E-state index contributed by atoms with van der Waals surface area (Å²) < 4.78 is 15.2. The number of benzene rings is 2. The molecule has 10 heteroatoms. The molecule has 0 aliphatic rings. The third-order valence-corrected chi connectivity index (χ3v) is 6.38. The molecule has 9 nitrogen and oxygen atoms in total. The predicted molar refractivity (Wildman–Crippen MR) is 134 cm³/mol. The molecule has 188 valence electrons. The maximum atomic E-state index is 12.7. The molecule has 3 aromatic rings. The Morgan fingerprint density at radius 3 is 2.31 bits per heavy atom. The topological polar surface area (TPSA) is 134 Å². The number of carbonyl (C=O) groups excluding carboxylic acids is 4. The molecule has 3 N–H and O–H groups in total. The normalized spacial score (nSPS) is 10.5. The number of hydrogen-bond acceptors (Lipinski definition) is 8. The molecule has 2 aromatic carbocycles. The summed E-state index contributed by atoms with van der Waals surface area (Å²) in [6.45, 7) is 1.10. The summed E-state index contributed by atoms with van der Waals surface area (Å²) in [6.07, 6.45) is 0.525. The Kier molecular flexibility index (Phi) is 9.32. The Bertz CT molecular complexity index is 1250. The molecule has 0 atom stereocenters. The summed E-state index contributed by atoms with van der Waals surface area (Å²) in [6, 6.07) is 16.6. The van der Waals surface area contributed by atoms with Crippen LogP contribution < -0.4 is 11.1 Å². The number of thiophene rings is 1. The van der Waals surface area contributed by atoms with Crippen molar-refractivity contribution in [3.05, 3.63) is 87.3 Å². The van der Waals surface area contributed by atoms with Crippen LogP contribution in [0.15, 0.2) is 54.6 Å². The van der Waals surface area contributed by atoms with E-state index in [1.54, 1.807) is 12.1 Å². The van der Waals surface area contributed by atoms with Crippen molar-refractivity contribution in [1.29, 1.82) is 0 Å². The van der Waals surface area contributed by atoms with E-state index >= 15 is 0 Å². The van der Waals surface area contributed by atoms with E-state index < -0.39 is 30.4 Å². The first-order valence-corrected chi connectivity index (χ1v) is 11.8. The van der Waals surface area contributed by atoms with Crippen LogP contribution >= 0.6 is 11.3 Å². The van der Waals surface area contributed by atoms with Crippen LogP contribution in [0.25, 0.3) is 0 Å². The van der Waals surface area contributed by atoms with Crippen LogP contribution in [0.3, 0.4) is 0 Å². The van der Waals surface area contributed by atoms with Gasteiger partial charge in [0.1, 0.15) is 11.6 Å². The Hall–Kier alpha value is -4.02. The second kappa shape index (κ2) is 12.6. The molecule has 0 aliphatic carbocycles. The largest absolute Gasteiger partial charge is 0.460 e. The van der Waals surface area contributed by atoms with Crippen LogP contribution in [0.5, 0.6) is 0 Å². The van der Waals surface area contributed by atoms with Crippen LogP contribution in [0.4, 0.5) is 5.00 Å². The van der Waals surface area contributed by atoms with Gasteiger partial charge >= 0.3 is 11.9 Å². The summed E-state index contributed by atoms with van der Waals surface area (Å²) in [7, 11) is 1.46. The van der Waals surface area contributed by atoms with Crippen LogP contribution in [0, 0.1) is 6.92 Å². The molecule has 0 spiro atoms. The highest BCUT2D eigenvalue weighted by Gasteiger charge is 2.26. The van der Waals surface area contributed by atoms with Crippen molar-refractivity contribution in [3.8, 4) is 0 Å².